The van der Waals surface area contributed by atoms with E-state index >= 15 is 0 Å². The number of ether oxygens (including phenoxy) is 1. The number of nitrogens with zero attached hydrogens (tertiary/aromatic N) is 3. The monoisotopic (exact) mass is 416 g/mol. The molecule has 2 aromatic heterocycles. The van der Waals surface area contributed by atoms with Crippen molar-refractivity contribution < 1.29 is 18.7 Å². The number of amides is 1. The summed E-state index contributed by atoms with van der Waals surface area (Å²) in [6.45, 7) is 0. The summed E-state index contributed by atoms with van der Waals surface area (Å²) in [6, 6.07) is 8.96. The lowest BCUT2D eigenvalue weighted by Gasteiger charge is -2.17. The van der Waals surface area contributed by atoms with Gasteiger partial charge in [-0.2, -0.15) is 16.9 Å². The number of rotatable bonds is 8. The number of thioether (sulfide) groups is 1. The van der Waals surface area contributed by atoms with Crippen LogP contribution in [-0.2, 0) is 9.53 Å². The highest BCUT2D eigenvalue weighted by Crippen LogP contribution is 2.22. The van der Waals surface area contributed by atoms with Crippen LogP contribution in [0.15, 0.2) is 55.0 Å². The van der Waals surface area contributed by atoms with Crippen LogP contribution in [0.1, 0.15) is 16.8 Å². The number of aromatic nitrogens is 3. The fourth-order valence-electron chi connectivity index (χ4n) is 2.89. The van der Waals surface area contributed by atoms with Crippen LogP contribution in [0.3, 0.4) is 0 Å². The number of carbonyl (C=O) groups is 2. The maximum absolute atomic E-state index is 14.4. The van der Waals surface area contributed by atoms with E-state index in [1.165, 1.54) is 24.1 Å². The third-order valence-electron chi connectivity index (χ3n) is 4.32. The number of methoxy groups -OCH3 is 1. The lowest BCUT2D eigenvalue weighted by Crippen LogP contribution is -2.42. The molecule has 0 saturated carbocycles. The Balaban J connectivity index is 2.00. The third kappa shape index (κ3) is 4.51. The summed E-state index contributed by atoms with van der Waals surface area (Å²) in [5.41, 5.74) is 0.421. The van der Waals surface area contributed by atoms with E-state index < -0.39 is 23.7 Å². The number of benzene rings is 1. The number of hydrogen-bond donors (Lipinski definition) is 1. The summed E-state index contributed by atoms with van der Waals surface area (Å²) in [5, 5.41) is 6.95. The van der Waals surface area contributed by atoms with E-state index in [0.717, 1.165) is 0 Å². The molecule has 2 heterocycles. The summed E-state index contributed by atoms with van der Waals surface area (Å²) < 4.78 is 22.2. The van der Waals surface area contributed by atoms with Gasteiger partial charge in [-0.05, 0) is 42.7 Å². The molecule has 1 N–H and O–H groups in total. The Bertz CT molecular complexity index is 988. The molecule has 0 aliphatic carbocycles. The van der Waals surface area contributed by atoms with Crippen LogP contribution in [-0.4, -0.2) is 51.4 Å². The van der Waals surface area contributed by atoms with E-state index in [9.17, 15) is 14.0 Å². The summed E-state index contributed by atoms with van der Waals surface area (Å²) >= 11 is 1.56. The molecule has 29 heavy (non-hydrogen) atoms. The largest absolute Gasteiger partial charge is 0.467 e. The second kappa shape index (κ2) is 9.42. The quantitative estimate of drug-likeness (QED) is 0.572. The molecule has 3 aromatic rings. The van der Waals surface area contributed by atoms with Crippen molar-refractivity contribution in [3.05, 3.63) is 66.4 Å². The molecular weight excluding hydrogens is 395 g/mol. The zero-order valence-electron chi connectivity index (χ0n) is 16.0. The Morgan fingerprint density at radius 3 is 2.62 bits per heavy atom. The minimum Gasteiger partial charge on any atom is -0.467 e. The maximum Gasteiger partial charge on any atom is 0.328 e. The van der Waals surface area contributed by atoms with E-state index in [-0.39, 0.29) is 11.3 Å². The van der Waals surface area contributed by atoms with E-state index in [1.54, 1.807) is 59.1 Å². The highest BCUT2D eigenvalue weighted by molar-refractivity contribution is 7.98. The van der Waals surface area contributed by atoms with Crippen LogP contribution >= 0.6 is 11.8 Å². The van der Waals surface area contributed by atoms with Crippen LogP contribution in [0.25, 0.3) is 11.5 Å². The molecule has 0 aliphatic rings. The molecule has 9 heteroatoms. The van der Waals surface area contributed by atoms with Gasteiger partial charge in [0.15, 0.2) is 5.82 Å². The average molecular weight is 416 g/mol. The molecule has 1 amide bonds. The van der Waals surface area contributed by atoms with Crippen molar-refractivity contribution in [1.29, 1.82) is 0 Å². The molecule has 0 radical (unpaired) electrons. The molecule has 1 aromatic carbocycles. The minimum absolute atomic E-state index is 0.210. The maximum atomic E-state index is 14.4. The third-order valence-corrected chi connectivity index (χ3v) is 4.96. The molecule has 0 fully saturated rings. The van der Waals surface area contributed by atoms with Gasteiger partial charge < -0.3 is 14.6 Å². The Hall–Kier alpha value is -3.07. The van der Waals surface area contributed by atoms with Crippen molar-refractivity contribution in [3.8, 4) is 11.5 Å². The molecule has 1 atom stereocenters. The first-order valence-electron chi connectivity index (χ1n) is 8.90. The summed E-state index contributed by atoms with van der Waals surface area (Å²) in [4.78, 5) is 25.0. The zero-order chi connectivity index (χ0) is 20.8. The van der Waals surface area contributed by atoms with Gasteiger partial charge in [0.1, 0.15) is 23.1 Å². The van der Waals surface area contributed by atoms with Crippen molar-refractivity contribution in [2.75, 3.05) is 19.1 Å². The van der Waals surface area contributed by atoms with E-state index in [0.29, 0.717) is 18.0 Å². The van der Waals surface area contributed by atoms with Gasteiger partial charge in [-0.15, -0.1) is 0 Å². The highest BCUT2D eigenvalue weighted by Gasteiger charge is 2.26. The van der Waals surface area contributed by atoms with Gasteiger partial charge in [-0.3, -0.25) is 4.79 Å². The van der Waals surface area contributed by atoms with Crippen LogP contribution in [0.4, 0.5) is 4.39 Å². The van der Waals surface area contributed by atoms with Crippen molar-refractivity contribution >= 4 is 23.6 Å². The fourth-order valence-corrected chi connectivity index (χ4v) is 3.36. The van der Waals surface area contributed by atoms with E-state index in [4.69, 9.17) is 4.74 Å². The minimum atomic E-state index is -0.783. The van der Waals surface area contributed by atoms with Gasteiger partial charge in [0.05, 0.1) is 13.3 Å². The number of carbonyl (C=O) groups excluding carboxylic acids is 2. The van der Waals surface area contributed by atoms with Crippen LogP contribution in [0, 0.1) is 5.82 Å². The van der Waals surface area contributed by atoms with Crippen LogP contribution in [0.2, 0.25) is 0 Å². The molecular formula is C20H21FN4O3S. The molecule has 152 valence electrons. The number of halogens is 1. The summed E-state index contributed by atoms with van der Waals surface area (Å²) in [5.74, 6) is -0.433. The second-order valence-corrected chi connectivity index (χ2v) is 7.15. The first kappa shape index (κ1) is 20.7. The fraction of sp³-hybridized carbons (Fsp3) is 0.250. The predicted molar refractivity (Wildman–Crippen MR) is 109 cm³/mol. The topological polar surface area (TPSA) is 78.2 Å². The van der Waals surface area contributed by atoms with E-state index in [2.05, 4.69) is 10.4 Å². The van der Waals surface area contributed by atoms with Crippen LogP contribution in [0.5, 0.6) is 0 Å². The Labute approximate surface area is 171 Å². The molecule has 7 nitrogen and oxygen atoms in total. The smallest absolute Gasteiger partial charge is 0.328 e. The number of hydrogen-bond acceptors (Lipinski definition) is 5. The first-order chi connectivity index (χ1) is 14.1. The lowest BCUT2D eigenvalue weighted by molar-refractivity contribution is -0.142. The molecule has 0 aliphatic heterocycles. The van der Waals surface area contributed by atoms with E-state index in [1.807, 2.05) is 6.26 Å². The van der Waals surface area contributed by atoms with Crippen molar-refractivity contribution in [2.45, 2.75) is 12.5 Å². The number of para-hydroxylation sites is 1. The zero-order valence-corrected chi connectivity index (χ0v) is 16.9. The van der Waals surface area contributed by atoms with Crippen molar-refractivity contribution in [1.82, 2.24) is 19.7 Å². The second-order valence-electron chi connectivity index (χ2n) is 6.17. The Morgan fingerprint density at radius 2 is 1.97 bits per heavy atom. The molecule has 3 rings (SSSR count). The highest BCUT2D eigenvalue weighted by atomic mass is 32.2. The lowest BCUT2D eigenvalue weighted by atomic mass is 10.2. The summed E-state index contributed by atoms with van der Waals surface area (Å²) in [6.07, 6.45) is 7.17. The molecule has 0 bridgehead atoms. The van der Waals surface area contributed by atoms with Gasteiger partial charge >= 0.3 is 5.97 Å². The normalized spacial score (nSPS) is 11.8. The van der Waals surface area contributed by atoms with Crippen molar-refractivity contribution in [3.63, 3.8) is 0 Å². The Kier molecular flexibility index (Phi) is 6.71. The molecule has 0 saturated heterocycles. The van der Waals surface area contributed by atoms with Gasteiger partial charge in [0, 0.05) is 12.4 Å². The number of esters is 1. The van der Waals surface area contributed by atoms with Gasteiger partial charge in [-0.1, -0.05) is 12.1 Å². The first-order valence-corrected chi connectivity index (χ1v) is 10.3. The van der Waals surface area contributed by atoms with Gasteiger partial charge in [0.25, 0.3) is 5.91 Å². The number of nitrogens with one attached hydrogen (secondary N) is 1. The SMILES string of the molecule is COC(=O)[C@@H](CCSC)NC(=O)c1cnn(-c2ccccc2F)c1-n1cccc1. The van der Waals surface area contributed by atoms with Gasteiger partial charge in [-0.25, -0.2) is 13.9 Å². The molecule has 0 spiro atoms. The van der Waals surface area contributed by atoms with Crippen LogP contribution < -0.4 is 5.32 Å². The molecule has 0 unspecified atom stereocenters. The Morgan fingerprint density at radius 1 is 1.24 bits per heavy atom. The average Bonchev–Trinajstić information content (AvgIpc) is 3.40. The standard InChI is InChI=1S/C20H21FN4O3S/c1-28-20(27)16(9-12-29-2)23-18(26)14-13-22-25(17-8-4-3-7-15(17)21)19(14)24-10-5-6-11-24/h3-8,10-11,13,16H,9,12H2,1-2H3,(H,23,26)/t16-/m1/s1. The summed E-state index contributed by atoms with van der Waals surface area (Å²) in [7, 11) is 1.28. The van der Waals surface area contributed by atoms with Crippen molar-refractivity contribution in [2.24, 2.45) is 0 Å². The predicted octanol–water partition coefficient (Wildman–Crippen LogP) is 2.83. The van der Waals surface area contributed by atoms with Gasteiger partial charge in [0.2, 0.25) is 0 Å².